The lowest BCUT2D eigenvalue weighted by Gasteiger charge is -2.24. The van der Waals surface area contributed by atoms with Crippen LogP contribution in [0.2, 0.25) is 0 Å². The molecular weight excluding hydrogens is 207 g/mol. The third-order valence-corrected chi connectivity index (χ3v) is 2.53. The van der Waals surface area contributed by atoms with Crippen LogP contribution in [0.4, 0.5) is 13.2 Å². The number of rotatable bonds is 5. The Morgan fingerprint density at radius 2 is 2.07 bits per heavy atom. The minimum absolute atomic E-state index is 0.213. The molecule has 1 aliphatic rings. The summed E-state index contributed by atoms with van der Waals surface area (Å²) in [5.41, 5.74) is 4.95. The minimum atomic E-state index is -4.41. The molecule has 1 saturated carbocycles. The third-order valence-electron chi connectivity index (χ3n) is 2.53. The van der Waals surface area contributed by atoms with E-state index in [-0.39, 0.29) is 6.54 Å². The van der Waals surface area contributed by atoms with Gasteiger partial charge in [0.05, 0.1) is 0 Å². The van der Waals surface area contributed by atoms with E-state index in [0.717, 1.165) is 12.8 Å². The first kappa shape index (κ1) is 12.3. The number of alkyl halides is 3. The fourth-order valence-corrected chi connectivity index (χ4v) is 1.51. The summed E-state index contributed by atoms with van der Waals surface area (Å²) >= 11 is 0. The maximum absolute atomic E-state index is 12.4. The average Bonchev–Trinajstić information content (AvgIpc) is 2.81. The molecule has 0 amide bonds. The van der Waals surface area contributed by atoms with E-state index < -0.39 is 17.9 Å². The first-order valence-electron chi connectivity index (χ1n) is 4.90. The molecular formula is C9H16F3N3. The Kier molecular flexibility index (Phi) is 3.59. The molecule has 88 valence electrons. The van der Waals surface area contributed by atoms with Crippen molar-refractivity contribution in [1.82, 2.24) is 4.90 Å². The molecule has 0 radical (unpaired) electrons. The molecule has 3 N–H and O–H groups in total. The molecule has 0 spiro atoms. The molecule has 3 nitrogen and oxygen atoms in total. The van der Waals surface area contributed by atoms with E-state index in [9.17, 15) is 13.2 Å². The first-order valence-corrected chi connectivity index (χ1v) is 4.90. The zero-order valence-electron chi connectivity index (χ0n) is 8.64. The Balaban J connectivity index is 2.45. The van der Waals surface area contributed by atoms with Gasteiger partial charge in [-0.15, -0.1) is 0 Å². The van der Waals surface area contributed by atoms with E-state index in [1.165, 1.54) is 0 Å². The lowest BCUT2D eigenvalue weighted by Crippen LogP contribution is -2.43. The van der Waals surface area contributed by atoms with Gasteiger partial charge >= 0.3 is 6.18 Å². The van der Waals surface area contributed by atoms with Crippen LogP contribution in [0.5, 0.6) is 0 Å². The van der Waals surface area contributed by atoms with Gasteiger partial charge < -0.3 is 10.6 Å². The molecule has 0 bridgehead atoms. The van der Waals surface area contributed by atoms with Crippen LogP contribution < -0.4 is 5.73 Å². The van der Waals surface area contributed by atoms with Gasteiger partial charge in [-0.2, -0.15) is 13.2 Å². The van der Waals surface area contributed by atoms with Gasteiger partial charge in [0.2, 0.25) is 0 Å². The maximum Gasteiger partial charge on any atom is 0.399 e. The predicted octanol–water partition coefficient (Wildman–Crippen LogP) is 1.44. The summed E-state index contributed by atoms with van der Waals surface area (Å²) in [4.78, 5) is 1.61. The topological polar surface area (TPSA) is 53.1 Å². The van der Waals surface area contributed by atoms with Gasteiger partial charge in [0.1, 0.15) is 11.8 Å². The summed E-state index contributed by atoms with van der Waals surface area (Å²) < 4.78 is 37.3. The van der Waals surface area contributed by atoms with Crippen molar-refractivity contribution in [2.24, 2.45) is 17.6 Å². The first-order chi connectivity index (χ1) is 6.80. The Morgan fingerprint density at radius 3 is 2.40 bits per heavy atom. The Labute approximate surface area is 86.9 Å². The van der Waals surface area contributed by atoms with E-state index in [1.54, 1.807) is 11.9 Å². The largest absolute Gasteiger partial charge is 0.399 e. The third kappa shape index (κ3) is 4.07. The molecule has 0 aromatic carbocycles. The summed E-state index contributed by atoms with van der Waals surface area (Å²) in [6, 6.07) is 0. The maximum atomic E-state index is 12.4. The van der Waals surface area contributed by atoms with Crippen LogP contribution in [-0.2, 0) is 0 Å². The summed E-state index contributed by atoms with van der Waals surface area (Å²) in [6.45, 7) is 0.454. The van der Waals surface area contributed by atoms with Gasteiger partial charge in [-0.1, -0.05) is 0 Å². The Morgan fingerprint density at radius 1 is 1.53 bits per heavy atom. The number of hydrogen-bond donors (Lipinski definition) is 2. The van der Waals surface area contributed by atoms with Gasteiger partial charge in [-0.25, -0.2) is 0 Å². The second-order valence-corrected chi connectivity index (χ2v) is 4.21. The minimum Gasteiger partial charge on any atom is -0.387 e. The zero-order chi connectivity index (χ0) is 11.6. The van der Waals surface area contributed by atoms with Gasteiger partial charge in [0, 0.05) is 13.1 Å². The number of halogens is 3. The van der Waals surface area contributed by atoms with Crippen LogP contribution in [0.1, 0.15) is 12.8 Å². The average molecular weight is 223 g/mol. The Hall–Kier alpha value is -0.780. The molecule has 1 aliphatic carbocycles. The van der Waals surface area contributed by atoms with Crippen LogP contribution in [0.25, 0.3) is 0 Å². The van der Waals surface area contributed by atoms with Gasteiger partial charge in [0.25, 0.3) is 0 Å². The van der Waals surface area contributed by atoms with Crippen molar-refractivity contribution in [3.63, 3.8) is 0 Å². The van der Waals surface area contributed by atoms with Crippen molar-refractivity contribution >= 4 is 5.84 Å². The molecule has 6 heteroatoms. The van der Waals surface area contributed by atoms with E-state index in [1.807, 2.05) is 0 Å². The highest BCUT2D eigenvalue weighted by atomic mass is 19.4. The predicted molar refractivity (Wildman–Crippen MR) is 51.7 cm³/mol. The smallest absolute Gasteiger partial charge is 0.387 e. The molecule has 1 atom stereocenters. The molecule has 1 fully saturated rings. The molecule has 0 saturated heterocycles. The second kappa shape index (κ2) is 4.38. The van der Waals surface area contributed by atoms with Crippen molar-refractivity contribution in [1.29, 1.82) is 5.41 Å². The molecule has 0 aromatic rings. The van der Waals surface area contributed by atoms with Crippen molar-refractivity contribution in [2.45, 2.75) is 19.0 Å². The number of hydrogen-bond acceptors (Lipinski definition) is 2. The van der Waals surface area contributed by atoms with Crippen molar-refractivity contribution in [3.8, 4) is 0 Å². The highest BCUT2D eigenvalue weighted by molar-refractivity contribution is 5.80. The second-order valence-electron chi connectivity index (χ2n) is 4.21. The molecule has 15 heavy (non-hydrogen) atoms. The molecule has 0 heterocycles. The van der Waals surface area contributed by atoms with Crippen LogP contribution in [0, 0.1) is 17.2 Å². The summed E-state index contributed by atoms with van der Waals surface area (Å²) in [6.07, 6.45) is -2.22. The van der Waals surface area contributed by atoms with Crippen molar-refractivity contribution in [3.05, 3.63) is 0 Å². The molecule has 1 rings (SSSR count). The van der Waals surface area contributed by atoms with Crippen molar-refractivity contribution in [2.75, 3.05) is 20.1 Å². The highest BCUT2D eigenvalue weighted by Crippen LogP contribution is 2.31. The van der Waals surface area contributed by atoms with E-state index in [2.05, 4.69) is 0 Å². The van der Waals surface area contributed by atoms with Crippen molar-refractivity contribution < 1.29 is 13.2 Å². The molecule has 0 aromatic heterocycles. The SMILES string of the molecule is CN(CC1CC1)CC(C(=N)N)C(F)(F)F. The number of nitrogens with two attached hydrogens (primary N) is 1. The fourth-order valence-electron chi connectivity index (χ4n) is 1.51. The summed E-state index contributed by atoms with van der Waals surface area (Å²) in [5.74, 6) is -2.10. The van der Waals surface area contributed by atoms with Crippen LogP contribution in [0.15, 0.2) is 0 Å². The van der Waals surface area contributed by atoms with E-state index in [0.29, 0.717) is 12.5 Å². The van der Waals surface area contributed by atoms with Gasteiger partial charge in [-0.05, 0) is 25.8 Å². The number of nitrogens with zero attached hydrogens (tertiary/aromatic N) is 1. The fraction of sp³-hybridized carbons (Fsp3) is 0.889. The summed E-state index contributed by atoms with van der Waals surface area (Å²) in [5, 5.41) is 6.93. The standard InChI is InChI=1S/C9H16F3N3/c1-15(4-6-2-3-6)5-7(8(13)14)9(10,11)12/h6-7H,2-5H2,1H3,(H3,13,14). The van der Waals surface area contributed by atoms with Crippen LogP contribution in [-0.4, -0.2) is 37.0 Å². The number of amidine groups is 1. The zero-order valence-corrected chi connectivity index (χ0v) is 8.64. The lowest BCUT2D eigenvalue weighted by molar-refractivity contribution is -0.159. The van der Waals surface area contributed by atoms with Gasteiger partial charge in [0.15, 0.2) is 0 Å². The quantitative estimate of drug-likeness (QED) is 0.547. The number of nitrogens with one attached hydrogen (secondary N) is 1. The molecule has 0 aliphatic heterocycles. The monoisotopic (exact) mass is 223 g/mol. The van der Waals surface area contributed by atoms with E-state index in [4.69, 9.17) is 11.1 Å². The Bertz CT molecular complexity index is 235. The highest BCUT2D eigenvalue weighted by Gasteiger charge is 2.42. The van der Waals surface area contributed by atoms with Crippen LogP contribution >= 0.6 is 0 Å². The molecule has 1 unspecified atom stereocenters. The van der Waals surface area contributed by atoms with Crippen LogP contribution in [0.3, 0.4) is 0 Å². The lowest BCUT2D eigenvalue weighted by atomic mass is 10.1. The van der Waals surface area contributed by atoms with Gasteiger partial charge in [-0.3, -0.25) is 5.41 Å². The summed E-state index contributed by atoms with van der Waals surface area (Å²) in [7, 11) is 1.64. The van der Waals surface area contributed by atoms with E-state index >= 15 is 0 Å². The normalized spacial score (nSPS) is 19.3.